The van der Waals surface area contributed by atoms with Crippen molar-refractivity contribution in [1.82, 2.24) is 4.90 Å². The first-order valence-electron chi connectivity index (χ1n) is 10.7. The second kappa shape index (κ2) is 7.37. The number of hydrogen-bond acceptors (Lipinski definition) is 3. The van der Waals surface area contributed by atoms with E-state index >= 15 is 0 Å². The molecule has 2 bridgehead atoms. The number of para-hydroxylation sites is 2. The summed E-state index contributed by atoms with van der Waals surface area (Å²) in [4.78, 5) is 17.5. The summed E-state index contributed by atoms with van der Waals surface area (Å²) in [5, 5.41) is 0. The standard InChI is InChI=1S/C23H34N2O2/c1-4-27-21-8-6-5-7-20(21)24-11-13-25(14-12-24)22(26)16-19-17-9-10-18(15-17)23(19,2)3/h5-8,17-19H,4,9-16H2,1-3H3. The number of ether oxygens (including phenoxy) is 1. The Kier molecular flexibility index (Phi) is 5.09. The van der Waals surface area contributed by atoms with E-state index in [1.807, 2.05) is 19.1 Å². The summed E-state index contributed by atoms with van der Waals surface area (Å²) in [5.74, 6) is 3.53. The van der Waals surface area contributed by atoms with Crippen molar-refractivity contribution in [3.05, 3.63) is 24.3 Å². The maximum Gasteiger partial charge on any atom is 0.222 e. The van der Waals surface area contributed by atoms with Crippen LogP contribution in [-0.2, 0) is 4.79 Å². The van der Waals surface area contributed by atoms with Crippen LogP contribution < -0.4 is 9.64 Å². The van der Waals surface area contributed by atoms with Crippen LogP contribution in [0.25, 0.3) is 0 Å². The molecule has 1 aromatic rings. The van der Waals surface area contributed by atoms with E-state index < -0.39 is 0 Å². The predicted octanol–water partition coefficient (Wildman–Crippen LogP) is 4.20. The Labute approximate surface area is 163 Å². The molecule has 0 radical (unpaired) electrons. The summed E-state index contributed by atoms with van der Waals surface area (Å²) in [6.45, 7) is 10.9. The number of rotatable bonds is 5. The van der Waals surface area contributed by atoms with Crippen molar-refractivity contribution < 1.29 is 9.53 Å². The van der Waals surface area contributed by atoms with Gasteiger partial charge >= 0.3 is 0 Å². The van der Waals surface area contributed by atoms with Crippen molar-refractivity contribution in [2.45, 2.75) is 46.5 Å². The SMILES string of the molecule is CCOc1ccccc1N1CCN(C(=O)CC2C3CCC(C3)C2(C)C)CC1. The molecule has 4 rings (SSSR count). The van der Waals surface area contributed by atoms with E-state index in [2.05, 4.69) is 35.8 Å². The molecule has 4 nitrogen and oxygen atoms in total. The molecule has 1 heterocycles. The first kappa shape index (κ1) is 18.6. The van der Waals surface area contributed by atoms with Gasteiger partial charge in [-0.25, -0.2) is 0 Å². The minimum atomic E-state index is 0.344. The van der Waals surface area contributed by atoms with E-state index in [9.17, 15) is 4.79 Å². The molecule has 0 aromatic heterocycles. The molecule has 4 heteroatoms. The van der Waals surface area contributed by atoms with Gasteiger partial charge in [0.2, 0.25) is 5.91 Å². The number of benzene rings is 1. The molecule has 1 aliphatic heterocycles. The second-order valence-corrected chi connectivity index (χ2v) is 9.17. The third-order valence-corrected chi connectivity index (χ3v) is 7.58. The van der Waals surface area contributed by atoms with Crippen molar-refractivity contribution >= 4 is 11.6 Å². The van der Waals surface area contributed by atoms with Gasteiger partial charge in [0.1, 0.15) is 5.75 Å². The first-order valence-corrected chi connectivity index (χ1v) is 10.7. The summed E-state index contributed by atoms with van der Waals surface area (Å²) in [6, 6.07) is 8.24. The van der Waals surface area contributed by atoms with Gasteiger partial charge in [-0.2, -0.15) is 0 Å². The monoisotopic (exact) mass is 370 g/mol. The normalized spacial score (nSPS) is 29.2. The number of amides is 1. The largest absolute Gasteiger partial charge is 0.492 e. The van der Waals surface area contributed by atoms with Gasteiger partial charge in [-0.1, -0.05) is 26.0 Å². The average Bonchev–Trinajstić information content (AvgIpc) is 3.24. The summed E-state index contributed by atoms with van der Waals surface area (Å²) in [7, 11) is 0. The number of carbonyl (C=O) groups excluding carboxylic acids is 1. The Hall–Kier alpha value is -1.71. The summed E-state index contributed by atoms with van der Waals surface area (Å²) in [6.07, 6.45) is 4.82. The van der Waals surface area contributed by atoms with Gasteiger partial charge < -0.3 is 14.5 Å². The van der Waals surface area contributed by atoms with Gasteiger partial charge in [0, 0.05) is 32.6 Å². The highest BCUT2D eigenvalue weighted by molar-refractivity contribution is 5.77. The first-order chi connectivity index (χ1) is 13.0. The van der Waals surface area contributed by atoms with E-state index in [1.165, 1.54) is 19.3 Å². The quantitative estimate of drug-likeness (QED) is 0.779. The fourth-order valence-electron chi connectivity index (χ4n) is 5.91. The molecule has 3 fully saturated rings. The van der Waals surface area contributed by atoms with Crippen molar-refractivity contribution in [2.24, 2.45) is 23.2 Å². The van der Waals surface area contributed by atoms with Crippen LogP contribution in [-0.4, -0.2) is 43.6 Å². The molecule has 1 aromatic carbocycles. The van der Waals surface area contributed by atoms with Gasteiger partial charge in [0.05, 0.1) is 12.3 Å². The molecule has 3 aliphatic rings. The van der Waals surface area contributed by atoms with Crippen molar-refractivity contribution in [3.8, 4) is 5.75 Å². The molecule has 0 spiro atoms. The van der Waals surface area contributed by atoms with Gasteiger partial charge in [0.15, 0.2) is 0 Å². The molecular formula is C23H34N2O2. The van der Waals surface area contributed by atoms with Gasteiger partial charge in [-0.15, -0.1) is 0 Å². The lowest BCUT2D eigenvalue weighted by Gasteiger charge is -2.41. The van der Waals surface area contributed by atoms with E-state index in [-0.39, 0.29) is 0 Å². The molecule has 0 N–H and O–H groups in total. The van der Waals surface area contributed by atoms with Gasteiger partial charge in [0.25, 0.3) is 0 Å². The molecule has 148 valence electrons. The third-order valence-electron chi connectivity index (χ3n) is 7.58. The van der Waals surface area contributed by atoms with Crippen molar-refractivity contribution in [3.63, 3.8) is 0 Å². The molecule has 1 amide bonds. The summed E-state index contributed by atoms with van der Waals surface area (Å²) in [5.41, 5.74) is 1.50. The van der Waals surface area contributed by atoms with Crippen LogP contribution in [0.3, 0.4) is 0 Å². The fourth-order valence-corrected chi connectivity index (χ4v) is 5.91. The number of carbonyl (C=O) groups is 1. The Morgan fingerprint density at radius 3 is 2.56 bits per heavy atom. The van der Waals surface area contributed by atoms with Crippen molar-refractivity contribution in [2.75, 3.05) is 37.7 Å². The Balaban J connectivity index is 1.35. The summed E-state index contributed by atoms with van der Waals surface area (Å²) >= 11 is 0. The van der Waals surface area contributed by atoms with Crippen LogP contribution in [0.1, 0.15) is 46.5 Å². The molecule has 3 unspecified atom stereocenters. The molecule has 2 aliphatic carbocycles. The molecule has 2 saturated carbocycles. The number of hydrogen-bond donors (Lipinski definition) is 0. The zero-order chi connectivity index (χ0) is 19.0. The van der Waals surface area contributed by atoms with Crippen LogP contribution in [0.2, 0.25) is 0 Å². The lowest BCUT2D eigenvalue weighted by Crippen LogP contribution is -2.49. The maximum absolute atomic E-state index is 13.0. The Morgan fingerprint density at radius 2 is 1.89 bits per heavy atom. The number of piperazine rings is 1. The van der Waals surface area contributed by atoms with Gasteiger partial charge in [-0.05, 0) is 61.5 Å². The van der Waals surface area contributed by atoms with Crippen LogP contribution >= 0.6 is 0 Å². The number of nitrogens with zero attached hydrogens (tertiary/aromatic N) is 2. The molecule has 1 saturated heterocycles. The van der Waals surface area contributed by atoms with E-state index in [1.54, 1.807) is 0 Å². The highest BCUT2D eigenvalue weighted by Gasteiger charge is 2.53. The topological polar surface area (TPSA) is 32.8 Å². The van der Waals surface area contributed by atoms with Gasteiger partial charge in [-0.3, -0.25) is 4.79 Å². The minimum absolute atomic E-state index is 0.344. The van der Waals surface area contributed by atoms with Crippen LogP contribution in [0.4, 0.5) is 5.69 Å². The number of fused-ring (bicyclic) bond motifs is 2. The summed E-state index contributed by atoms with van der Waals surface area (Å²) < 4.78 is 5.78. The maximum atomic E-state index is 13.0. The number of anilines is 1. The molecule has 3 atom stereocenters. The molecular weight excluding hydrogens is 336 g/mol. The average molecular weight is 371 g/mol. The second-order valence-electron chi connectivity index (χ2n) is 9.17. The third kappa shape index (κ3) is 3.43. The van der Waals surface area contributed by atoms with Crippen LogP contribution in [0.15, 0.2) is 24.3 Å². The highest BCUT2D eigenvalue weighted by Crippen LogP contribution is 2.60. The Morgan fingerprint density at radius 1 is 1.15 bits per heavy atom. The van der Waals surface area contributed by atoms with Crippen LogP contribution in [0.5, 0.6) is 5.75 Å². The smallest absolute Gasteiger partial charge is 0.222 e. The molecule has 27 heavy (non-hydrogen) atoms. The van der Waals surface area contributed by atoms with E-state index in [4.69, 9.17) is 4.74 Å². The zero-order valence-corrected chi connectivity index (χ0v) is 17.1. The minimum Gasteiger partial charge on any atom is -0.492 e. The lowest BCUT2D eigenvalue weighted by atomic mass is 9.67. The Bertz CT molecular complexity index is 679. The fraction of sp³-hybridized carbons (Fsp3) is 0.696. The lowest BCUT2D eigenvalue weighted by molar-refractivity contribution is -0.134. The van der Waals surface area contributed by atoms with Crippen molar-refractivity contribution in [1.29, 1.82) is 0 Å². The highest BCUT2D eigenvalue weighted by atomic mass is 16.5. The van der Waals surface area contributed by atoms with Crippen LogP contribution in [0, 0.1) is 23.2 Å². The predicted molar refractivity (Wildman–Crippen MR) is 109 cm³/mol. The zero-order valence-electron chi connectivity index (χ0n) is 17.1. The van der Waals surface area contributed by atoms with E-state index in [0.717, 1.165) is 55.9 Å². The van der Waals surface area contributed by atoms with E-state index in [0.29, 0.717) is 23.8 Å².